The van der Waals surface area contributed by atoms with E-state index in [1.807, 2.05) is 12.1 Å². The van der Waals surface area contributed by atoms with E-state index < -0.39 is 0 Å². The molecule has 2 N–H and O–H groups in total. The summed E-state index contributed by atoms with van der Waals surface area (Å²) in [5.41, 5.74) is 0.684. The summed E-state index contributed by atoms with van der Waals surface area (Å²) in [5, 5.41) is 5.64. The number of hydrogen-bond acceptors (Lipinski definition) is 3. The van der Waals surface area contributed by atoms with Crippen molar-refractivity contribution in [2.24, 2.45) is 0 Å². The summed E-state index contributed by atoms with van der Waals surface area (Å²) in [5.74, 6) is 0.979. The van der Waals surface area contributed by atoms with Gasteiger partial charge in [0.05, 0.1) is 7.11 Å². The Morgan fingerprint density at radius 2 is 2.05 bits per heavy atom. The molecule has 1 aliphatic rings. The fourth-order valence-electron chi connectivity index (χ4n) is 2.14. The maximum Gasteiger partial charge on any atom is 0.319 e. The van der Waals surface area contributed by atoms with Crippen LogP contribution in [0.25, 0.3) is 0 Å². The van der Waals surface area contributed by atoms with Gasteiger partial charge in [-0.15, -0.1) is 0 Å². The third-order valence-corrected chi connectivity index (χ3v) is 3.21. The molecule has 1 saturated carbocycles. The average Bonchev–Trinajstić information content (AvgIpc) is 2.41. The van der Waals surface area contributed by atoms with Gasteiger partial charge in [0.1, 0.15) is 11.5 Å². The molecule has 5 heteroatoms. The number of urea groups is 1. The van der Waals surface area contributed by atoms with Crippen molar-refractivity contribution in [2.75, 3.05) is 12.4 Å². The van der Waals surface area contributed by atoms with Gasteiger partial charge in [0.25, 0.3) is 0 Å². The normalized spacial score (nSPS) is 15.9. The third kappa shape index (κ3) is 3.98. The maximum absolute atomic E-state index is 11.8. The molecule has 19 heavy (non-hydrogen) atoms. The lowest BCUT2D eigenvalue weighted by Crippen LogP contribution is -2.40. The van der Waals surface area contributed by atoms with E-state index in [9.17, 15) is 9.59 Å². The number of ketones is 1. The number of nitrogens with one attached hydrogen (secondary N) is 2. The van der Waals surface area contributed by atoms with Crippen LogP contribution in [0.15, 0.2) is 24.3 Å². The summed E-state index contributed by atoms with van der Waals surface area (Å²) < 4.78 is 5.09. The largest absolute Gasteiger partial charge is 0.497 e. The van der Waals surface area contributed by atoms with E-state index in [1.54, 1.807) is 19.2 Å². The molecule has 0 unspecified atom stereocenters. The van der Waals surface area contributed by atoms with Gasteiger partial charge in [0, 0.05) is 30.6 Å². The highest BCUT2D eigenvalue weighted by molar-refractivity contribution is 5.90. The molecule has 0 saturated heterocycles. The first-order valence-corrected chi connectivity index (χ1v) is 6.40. The van der Waals surface area contributed by atoms with Crippen LogP contribution in [-0.4, -0.2) is 25.0 Å². The number of Topliss-reactive ketones (excluding diaryl/α,β-unsaturated/α-hetero) is 1. The van der Waals surface area contributed by atoms with Crippen LogP contribution < -0.4 is 15.4 Å². The van der Waals surface area contributed by atoms with Gasteiger partial charge in [-0.05, 0) is 25.0 Å². The lowest BCUT2D eigenvalue weighted by molar-refractivity contribution is -0.120. The zero-order chi connectivity index (χ0) is 13.7. The number of rotatable bonds is 3. The summed E-state index contributed by atoms with van der Waals surface area (Å²) in [7, 11) is 1.58. The Morgan fingerprint density at radius 1 is 1.32 bits per heavy atom. The molecule has 1 aromatic rings. The first-order chi connectivity index (χ1) is 9.17. The fourth-order valence-corrected chi connectivity index (χ4v) is 2.14. The molecule has 0 bridgehead atoms. The average molecular weight is 262 g/mol. The molecular formula is C14H18N2O3. The summed E-state index contributed by atoms with van der Waals surface area (Å²) >= 11 is 0. The van der Waals surface area contributed by atoms with E-state index in [-0.39, 0.29) is 17.9 Å². The van der Waals surface area contributed by atoms with Gasteiger partial charge < -0.3 is 15.4 Å². The molecule has 1 aliphatic carbocycles. The monoisotopic (exact) mass is 262 g/mol. The molecule has 2 amide bonds. The van der Waals surface area contributed by atoms with Crippen molar-refractivity contribution in [1.82, 2.24) is 5.32 Å². The molecule has 0 aliphatic heterocycles. The SMILES string of the molecule is COc1cccc(NC(=O)NC2CCC(=O)CC2)c1. The van der Waals surface area contributed by atoms with E-state index in [0.717, 1.165) is 12.8 Å². The number of carbonyl (C=O) groups excluding carboxylic acids is 2. The Bertz CT molecular complexity index is 464. The molecule has 102 valence electrons. The van der Waals surface area contributed by atoms with Crippen molar-refractivity contribution < 1.29 is 14.3 Å². The second-order valence-electron chi connectivity index (χ2n) is 4.64. The van der Waals surface area contributed by atoms with Crippen LogP contribution in [0.5, 0.6) is 5.75 Å². The molecule has 5 nitrogen and oxygen atoms in total. The van der Waals surface area contributed by atoms with E-state index in [2.05, 4.69) is 10.6 Å². The van der Waals surface area contributed by atoms with Crippen LogP contribution in [0.3, 0.4) is 0 Å². The highest BCUT2D eigenvalue weighted by Gasteiger charge is 2.20. The predicted octanol–water partition coefficient (Wildman–Crippen LogP) is 2.33. The zero-order valence-electron chi connectivity index (χ0n) is 10.9. The van der Waals surface area contributed by atoms with Crippen LogP contribution in [-0.2, 0) is 4.79 Å². The Morgan fingerprint density at radius 3 is 2.74 bits per heavy atom. The predicted molar refractivity (Wildman–Crippen MR) is 72.4 cm³/mol. The summed E-state index contributed by atoms with van der Waals surface area (Å²) in [4.78, 5) is 22.9. The van der Waals surface area contributed by atoms with Crippen molar-refractivity contribution in [2.45, 2.75) is 31.7 Å². The highest BCUT2D eigenvalue weighted by Crippen LogP contribution is 2.17. The van der Waals surface area contributed by atoms with E-state index in [4.69, 9.17) is 4.74 Å². The van der Waals surface area contributed by atoms with Gasteiger partial charge in [-0.3, -0.25) is 4.79 Å². The van der Waals surface area contributed by atoms with Crippen LogP contribution in [0.2, 0.25) is 0 Å². The van der Waals surface area contributed by atoms with E-state index in [1.165, 1.54) is 0 Å². The molecule has 1 aromatic carbocycles. The quantitative estimate of drug-likeness (QED) is 0.878. The van der Waals surface area contributed by atoms with Gasteiger partial charge >= 0.3 is 6.03 Å². The molecule has 0 heterocycles. The molecule has 0 radical (unpaired) electrons. The first kappa shape index (κ1) is 13.4. The number of carbonyl (C=O) groups is 2. The van der Waals surface area contributed by atoms with Crippen LogP contribution in [0.1, 0.15) is 25.7 Å². The molecule has 0 spiro atoms. The van der Waals surface area contributed by atoms with Crippen molar-refractivity contribution in [3.8, 4) is 5.75 Å². The van der Waals surface area contributed by atoms with Crippen LogP contribution >= 0.6 is 0 Å². The van der Waals surface area contributed by atoms with E-state index >= 15 is 0 Å². The van der Waals surface area contributed by atoms with Gasteiger partial charge in [0.15, 0.2) is 0 Å². The van der Waals surface area contributed by atoms with Gasteiger partial charge in [-0.25, -0.2) is 4.79 Å². The fraction of sp³-hybridized carbons (Fsp3) is 0.429. The number of ether oxygens (including phenoxy) is 1. The molecular weight excluding hydrogens is 244 g/mol. The highest BCUT2D eigenvalue weighted by atomic mass is 16.5. The Balaban J connectivity index is 1.85. The second-order valence-corrected chi connectivity index (χ2v) is 4.64. The maximum atomic E-state index is 11.8. The smallest absolute Gasteiger partial charge is 0.319 e. The number of amides is 2. The topological polar surface area (TPSA) is 67.4 Å². The van der Waals surface area contributed by atoms with Gasteiger partial charge in [-0.1, -0.05) is 6.07 Å². The minimum Gasteiger partial charge on any atom is -0.497 e. The Labute approximate surface area is 112 Å². The van der Waals surface area contributed by atoms with Crippen LogP contribution in [0.4, 0.5) is 10.5 Å². The molecule has 2 rings (SSSR count). The number of anilines is 1. The summed E-state index contributed by atoms with van der Waals surface area (Å²) in [6.45, 7) is 0. The minimum absolute atomic E-state index is 0.0864. The standard InChI is InChI=1S/C14H18N2O3/c1-19-13-4-2-3-11(9-13)16-14(18)15-10-5-7-12(17)8-6-10/h2-4,9-10H,5-8H2,1H3,(H2,15,16,18). The minimum atomic E-state index is -0.243. The second kappa shape index (κ2) is 6.22. The lowest BCUT2D eigenvalue weighted by Gasteiger charge is -2.22. The Kier molecular flexibility index (Phi) is 4.39. The van der Waals surface area contributed by atoms with Crippen molar-refractivity contribution >= 4 is 17.5 Å². The molecule has 1 fully saturated rings. The van der Waals surface area contributed by atoms with Crippen molar-refractivity contribution in [3.63, 3.8) is 0 Å². The van der Waals surface area contributed by atoms with Crippen LogP contribution in [0, 0.1) is 0 Å². The van der Waals surface area contributed by atoms with Gasteiger partial charge in [-0.2, -0.15) is 0 Å². The van der Waals surface area contributed by atoms with Crippen molar-refractivity contribution in [3.05, 3.63) is 24.3 Å². The van der Waals surface area contributed by atoms with E-state index in [0.29, 0.717) is 24.3 Å². The first-order valence-electron chi connectivity index (χ1n) is 6.40. The third-order valence-electron chi connectivity index (χ3n) is 3.21. The summed E-state index contributed by atoms with van der Waals surface area (Å²) in [6, 6.07) is 7.02. The molecule has 0 aromatic heterocycles. The number of benzene rings is 1. The molecule has 0 atom stereocenters. The number of methoxy groups -OCH3 is 1. The lowest BCUT2D eigenvalue weighted by atomic mass is 9.94. The number of hydrogen-bond donors (Lipinski definition) is 2. The van der Waals surface area contributed by atoms with Gasteiger partial charge in [0.2, 0.25) is 0 Å². The van der Waals surface area contributed by atoms with Crippen molar-refractivity contribution in [1.29, 1.82) is 0 Å². The summed E-state index contributed by atoms with van der Waals surface area (Å²) in [6.07, 6.45) is 2.57. The zero-order valence-corrected chi connectivity index (χ0v) is 10.9. The Hall–Kier alpha value is -2.04.